The first-order valence-corrected chi connectivity index (χ1v) is 13.1. The van der Waals surface area contributed by atoms with E-state index in [2.05, 4.69) is 9.97 Å². The zero-order chi connectivity index (χ0) is 26.7. The Bertz CT molecular complexity index is 1470. The molecule has 5 rings (SSSR count). The summed E-state index contributed by atoms with van der Waals surface area (Å²) in [7, 11) is -4.50. The van der Waals surface area contributed by atoms with Crippen LogP contribution in [-0.2, 0) is 27.4 Å². The lowest BCUT2D eigenvalue weighted by Gasteiger charge is -2.25. The molecule has 0 bridgehead atoms. The summed E-state index contributed by atoms with van der Waals surface area (Å²) < 4.78 is 101. The van der Waals surface area contributed by atoms with Gasteiger partial charge in [0.05, 0.1) is 12.1 Å². The number of hydrogen-bond donors (Lipinski definition) is 0. The normalized spacial score (nSPS) is 23.1. The summed E-state index contributed by atoms with van der Waals surface area (Å²) in [5.41, 5.74) is -0.993. The first-order valence-electron chi connectivity index (χ1n) is 11.7. The number of benzene rings is 1. The van der Waals surface area contributed by atoms with E-state index in [-0.39, 0.29) is 41.2 Å². The van der Waals surface area contributed by atoms with Crippen LogP contribution < -0.4 is 0 Å². The Morgan fingerprint density at radius 1 is 1.16 bits per heavy atom. The van der Waals surface area contributed by atoms with Gasteiger partial charge < -0.3 is 4.42 Å². The topological polar surface area (TPSA) is 93.4 Å². The lowest BCUT2D eigenvalue weighted by atomic mass is 10.0. The molecule has 0 spiro atoms. The minimum Gasteiger partial charge on any atom is -0.443 e. The van der Waals surface area contributed by atoms with Crippen molar-refractivity contribution in [2.24, 2.45) is 0 Å². The molecule has 1 aromatic carbocycles. The number of ketones is 1. The van der Waals surface area contributed by atoms with Crippen molar-refractivity contribution in [3.8, 4) is 0 Å². The van der Waals surface area contributed by atoms with Crippen molar-refractivity contribution in [3.63, 3.8) is 0 Å². The number of carbonyl (C=O) groups is 1. The monoisotopic (exact) mass is 543 g/mol. The Labute approximate surface area is 208 Å². The lowest BCUT2D eigenvalue weighted by Crippen LogP contribution is -2.44. The molecule has 3 aromatic rings. The van der Waals surface area contributed by atoms with Gasteiger partial charge in [-0.1, -0.05) is 0 Å². The zero-order valence-electron chi connectivity index (χ0n) is 19.5. The first kappa shape index (κ1) is 25.7. The maximum Gasteiger partial charge on any atom is 0.433 e. The minimum absolute atomic E-state index is 0.00846. The number of aromatic nitrogens is 2. The van der Waals surface area contributed by atoms with Gasteiger partial charge in [0.15, 0.2) is 5.78 Å². The number of hydrogen-bond acceptors (Lipinski definition) is 6. The number of sulfonamides is 1. The molecule has 37 heavy (non-hydrogen) atoms. The summed E-state index contributed by atoms with van der Waals surface area (Å²) in [6.45, 7) is 1.32. The number of alkyl halides is 4. The maximum atomic E-state index is 14.7. The van der Waals surface area contributed by atoms with Crippen LogP contribution in [0.2, 0.25) is 0 Å². The van der Waals surface area contributed by atoms with Crippen LogP contribution in [0, 0.1) is 5.82 Å². The van der Waals surface area contributed by atoms with Gasteiger partial charge in [-0.15, -0.1) is 0 Å². The summed E-state index contributed by atoms with van der Waals surface area (Å²) in [6, 6.07) is 2.73. The molecule has 1 saturated heterocycles. The van der Waals surface area contributed by atoms with Crippen molar-refractivity contribution in [1.82, 2.24) is 14.3 Å². The number of carbonyl (C=O) groups excluding carboxylic acids is 1. The smallest absolute Gasteiger partial charge is 0.433 e. The second kappa shape index (κ2) is 9.12. The van der Waals surface area contributed by atoms with Crippen LogP contribution in [0.5, 0.6) is 0 Å². The highest BCUT2D eigenvalue weighted by Crippen LogP contribution is 2.40. The van der Waals surface area contributed by atoms with E-state index in [0.717, 1.165) is 28.6 Å². The van der Waals surface area contributed by atoms with Crippen molar-refractivity contribution in [1.29, 1.82) is 0 Å². The van der Waals surface area contributed by atoms with Gasteiger partial charge >= 0.3 is 6.18 Å². The molecular weight excluding hydrogens is 521 g/mol. The molecule has 1 saturated carbocycles. The van der Waals surface area contributed by atoms with Crippen molar-refractivity contribution >= 4 is 26.8 Å². The average molecular weight is 544 g/mol. The number of aryl methyl sites for hydroxylation is 1. The highest BCUT2D eigenvalue weighted by molar-refractivity contribution is 7.89. The SMILES string of the molecule is C[C@H]1[C@H](F)C[C@@H](C(=O)CCc2cc(C(F)(F)F)nc(C3CC3)n2)N1S(=O)(=O)c1cc2cc(F)ccc2o1. The first-order chi connectivity index (χ1) is 17.3. The highest BCUT2D eigenvalue weighted by atomic mass is 32.2. The molecule has 13 heteroatoms. The van der Waals surface area contributed by atoms with Crippen LogP contribution in [-0.4, -0.2) is 46.7 Å². The predicted octanol–water partition coefficient (Wildman–Crippen LogP) is 4.95. The fourth-order valence-electron chi connectivity index (χ4n) is 4.57. The molecular formula is C24H22F5N3O4S. The van der Waals surface area contributed by atoms with E-state index < -0.39 is 63.3 Å². The van der Waals surface area contributed by atoms with E-state index in [4.69, 9.17) is 4.42 Å². The number of furan rings is 1. The fourth-order valence-corrected chi connectivity index (χ4v) is 6.36. The van der Waals surface area contributed by atoms with Gasteiger partial charge in [-0.25, -0.2) is 27.2 Å². The molecule has 1 aliphatic carbocycles. The Kier molecular flexibility index (Phi) is 6.34. The quantitative estimate of drug-likeness (QED) is 0.392. The number of fused-ring (bicyclic) bond motifs is 1. The Balaban J connectivity index is 1.39. The second-order valence-electron chi connectivity index (χ2n) is 9.43. The molecule has 0 radical (unpaired) electrons. The maximum absolute atomic E-state index is 14.7. The second-order valence-corrected chi connectivity index (χ2v) is 11.2. The molecule has 1 aliphatic heterocycles. The van der Waals surface area contributed by atoms with Crippen molar-refractivity contribution < 1.29 is 39.6 Å². The highest BCUT2D eigenvalue weighted by Gasteiger charge is 2.50. The zero-order valence-corrected chi connectivity index (χ0v) is 20.3. The van der Waals surface area contributed by atoms with Crippen molar-refractivity contribution in [2.75, 3.05) is 0 Å². The predicted molar refractivity (Wildman–Crippen MR) is 120 cm³/mol. The van der Waals surface area contributed by atoms with E-state index in [0.29, 0.717) is 12.8 Å². The minimum atomic E-state index is -4.69. The van der Waals surface area contributed by atoms with E-state index >= 15 is 0 Å². The van der Waals surface area contributed by atoms with Gasteiger partial charge in [-0.3, -0.25) is 4.79 Å². The molecule has 2 aromatic heterocycles. The largest absolute Gasteiger partial charge is 0.443 e. The fraction of sp³-hybridized carbons (Fsp3) is 0.458. The molecule has 3 heterocycles. The number of Topliss-reactive ketones (excluding diaryl/α,β-unsaturated/α-hetero) is 1. The number of rotatable bonds is 7. The molecule has 7 nitrogen and oxygen atoms in total. The van der Waals surface area contributed by atoms with Gasteiger partial charge in [0.1, 0.15) is 29.1 Å². The van der Waals surface area contributed by atoms with Crippen LogP contribution in [0.3, 0.4) is 0 Å². The molecule has 2 fully saturated rings. The number of halogens is 5. The van der Waals surface area contributed by atoms with Crippen LogP contribution in [0.4, 0.5) is 22.0 Å². The summed E-state index contributed by atoms with van der Waals surface area (Å²) in [5.74, 6) is -1.34. The average Bonchev–Trinajstić information content (AvgIpc) is 3.52. The lowest BCUT2D eigenvalue weighted by molar-refractivity contribution is -0.141. The van der Waals surface area contributed by atoms with Crippen molar-refractivity contribution in [2.45, 2.75) is 74.5 Å². The summed E-state index contributed by atoms with van der Waals surface area (Å²) in [6.07, 6.45) is -5.92. The molecule has 198 valence electrons. The van der Waals surface area contributed by atoms with Gasteiger partial charge in [0, 0.05) is 35.9 Å². The van der Waals surface area contributed by atoms with Crippen LogP contribution in [0.25, 0.3) is 11.0 Å². The Morgan fingerprint density at radius 2 is 1.89 bits per heavy atom. The standard InChI is InChI=1S/C24H22F5N3O4S/c1-12-17(26)11-18(32(12)37(34,35)22-9-14-8-15(25)4-7-20(14)36-22)19(33)6-5-16-10-21(24(27,28)29)31-23(30-16)13-2-3-13/h4,7-10,12-13,17-18H,2-3,5-6,11H2,1H3/t12-,17+,18-/m0/s1. The molecule has 0 unspecified atom stereocenters. The van der Waals surface area contributed by atoms with E-state index in [1.165, 1.54) is 13.0 Å². The molecule has 2 aliphatic rings. The van der Waals surface area contributed by atoms with Crippen molar-refractivity contribution in [3.05, 3.63) is 53.4 Å². The Morgan fingerprint density at radius 3 is 2.57 bits per heavy atom. The van der Waals surface area contributed by atoms with Crippen LogP contribution in [0.15, 0.2) is 39.8 Å². The third-order valence-electron chi connectivity index (χ3n) is 6.70. The molecule has 0 N–H and O–H groups in total. The summed E-state index contributed by atoms with van der Waals surface area (Å²) in [4.78, 5) is 20.9. The van der Waals surface area contributed by atoms with Gasteiger partial charge in [0.25, 0.3) is 10.0 Å². The van der Waals surface area contributed by atoms with E-state index in [9.17, 15) is 35.2 Å². The Hall–Kier alpha value is -2.93. The molecule has 0 amide bonds. The van der Waals surface area contributed by atoms with E-state index in [1.807, 2.05) is 0 Å². The third kappa shape index (κ3) is 4.98. The third-order valence-corrected chi connectivity index (χ3v) is 8.55. The van der Waals surface area contributed by atoms with Crippen LogP contribution in [0.1, 0.15) is 55.7 Å². The summed E-state index contributed by atoms with van der Waals surface area (Å²) in [5, 5.41) is -0.382. The van der Waals surface area contributed by atoms with E-state index in [1.54, 1.807) is 0 Å². The molecule has 3 atom stereocenters. The van der Waals surface area contributed by atoms with Gasteiger partial charge in [-0.2, -0.15) is 17.5 Å². The van der Waals surface area contributed by atoms with Crippen LogP contribution >= 0.6 is 0 Å². The summed E-state index contributed by atoms with van der Waals surface area (Å²) >= 11 is 0. The van der Waals surface area contributed by atoms with Gasteiger partial charge in [-0.05, 0) is 50.5 Å². The van der Waals surface area contributed by atoms with Gasteiger partial charge in [0.2, 0.25) is 5.09 Å². The number of nitrogens with zero attached hydrogens (tertiary/aromatic N) is 3.